The van der Waals surface area contributed by atoms with Crippen LogP contribution in [0.4, 0.5) is 5.69 Å². The Morgan fingerprint density at radius 2 is 1.41 bits per heavy atom. The molecule has 0 saturated heterocycles. The lowest BCUT2D eigenvalue weighted by molar-refractivity contribution is 0.477. The monoisotopic (exact) mass is 526 g/mol. The van der Waals surface area contributed by atoms with Gasteiger partial charge in [0, 0.05) is 27.0 Å². The molecule has 3 nitrogen and oxygen atoms in total. The van der Waals surface area contributed by atoms with E-state index in [9.17, 15) is 5.11 Å². The number of phenolic OH excluding ortho intramolecular Hbond substituents is 1. The van der Waals surface area contributed by atoms with Crippen LogP contribution in [0.1, 0.15) is 5.56 Å². The number of aliphatic imine (C=N–C) groups is 1. The Balaban J connectivity index is 1.78. The van der Waals surface area contributed by atoms with Gasteiger partial charge in [-0.25, -0.2) is 0 Å². The van der Waals surface area contributed by atoms with Crippen molar-refractivity contribution >= 4 is 39.4 Å². The van der Waals surface area contributed by atoms with Gasteiger partial charge in [0.2, 0.25) is 0 Å². The molecule has 0 aliphatic carbocycles. The summed E-state index contributed by atoms with van der Waals surface area (Å²) in [7, 11) is 0. The molecule has 0 aliphatic heterocycles. The Labute approximate surface area is 211 Å². The zero-order valence-corrected chi connectivity index (χ0v) is 20.4. The highest BCUT2D eigenvalue weighted by molar-refractivity contribution is 9.10. The van der Waals surface area contributed by atoms with E-state index < -0.39 is 0 Å². The molecule has 0 saturated carbocycles. The van der Waals surface area contributed by atoms with Crippen molar-refractivity contribution in [3.05, 3.63) is 124 Å². The molecule has 1 N–H and O–H groups in total. The van der Waals surface area contributed by atoms with Gasteiger partial charge in [0.1, 0.15) is 11.4 Å². The first-order valence-corrected chi connectivity index (χ1v) is 11.9. The van der Waals surface area contributed by atoms with E-state index in [4.69, 9.17) is 11.6 Å². The minimum atomic E-state index is 0.0811. The number of aromatic nitrogens is 1. The highest BCUT2D eigenvalue weighted by atomic mass is 79.9. The summed E-state index contributed by atoms with van der Waals surface area (Å²) in [6, 6.07) is 35.8. The highest BCUT2D eigenvalue weighted by Gasteiger charge is 2.18. The number of phenols is 1. The molecule has 4 aromatic carbocycles. The maximum atomic E-state index is 10.3. The minimum Gasteiger partial charge on any atom is -0.506 e. The largest absolute Gasteiger partial charge is 0.506 e. The van der Waals surface area contributed by atoms with Gasteiger partial charge in [-0.05, 0) is 59.7 Å². The van der Waals surface area contributed by atoms with Gasteiger partial charge in [-0.3, -0.25) is 4.99 Å². The van der Waals surface area contributed by atoms with Crippen LogP contribution in [0.25, 0.3) is 28.2 Å². The van der Waals surface area contributed by atoms with E-state index in [1.165, 1.54) is 0 Å². The summed E-state index contributed by atoms with van der Waals surface area (Å²) in [5.74, 6) is 0.0811. The number of hydrogen-bond acceptors (Lipinski definition) is 2. The maximum absolute atomic E-state index is 10.3. The molecule has 0 atom stereocenters. The second-order valence-corrected chi connectivity index (χ2v) is 9.12. The third-order valence-electron chi connectivity index (χ3n) is 5.51. The summed E-state index contributed by atoms with van der Waals surface area (Å²) in [6.07, 6.45) is 1.79. The summed E-state index contributed by atoms with van der Waals surface area (Å²) in [5, 5.41) is 10.8. The number of benzene rings is 4. The highest BCUT2D eigenvalue weighted by Crippen LogP contribution is 2.36. The average Bonchev–Trinajstić information content (AvgIpc) is 3.25. The molecule has 0 fully saturated rings. The Bertz CT molecular complexity index is 1460. The minimum absolute atomic E-state index is 0.0811. The third kappa shape index (κ3) is 4.56. The molecule has 34 heavy (non-hydrogen) atoms. The summed E-state index contributed by atoms with van der Waals surface area (Å²) in [5.41, 5.74) is 6.57. The van der Waals surface area contributed by atoms with Crippen LogP contribution in [0.2, 0.25) is 5.02 Å². The van der Waals surface area contributed by atoms with Crippen LogP contribution < -0.4 is 0 Å². The number of aromatic hydroxyl groups is 1. The van der Waals surface area contributed by atoms with E-state index in [2.05, 4.69) is 68.0 Å². The first kappa shape index (κ1) is 22.2. The van der Waals surface area contributed by atoms with Crippen molar-refractivity contribution in [2.75, 3.05) is 0 Å². The zero-order chi connectivity index (χ0) is 23.5. The van der Waals surface area contributed by atoms with Crippen LogP contribution in [-0.2, 0) is 0 Å². The zero-order valence-electron chi connectivity index (χ0n) is 18.1. The third-order valence-corrected chi connectivity index (χ3v) is 6.28. The molecular formula is C29H20BrClN2O. The van der Waals surface area contributed by atoms with Crippen molar-refractivity contribution in [1.82, 2.24) is 4.57 Å². The number of rotatable bonds is 5. The normalized spacial score (nSPS) is 11.2. The molecule has 1 aromatic heterocycles. The molecule has 0 bridgehead atoms. The Hall–Kier alpha value is -3.60. The van der Waals surface area contributed by atoms with E-state index in [1.807, 2.05) is 48.5 Å². The van der Waals surface area contributed by atoms with Crippen LogP contribution in [0.3, 0.4) is 0 Å². The molecular weight excluding hydrogens is 508 g/mol. The second kappa shape index (κ2) is 9.72. The Kier molecular flexibility index (Phi) is 6.35. The lowest BCUT2D eigenvalue weighted by atomic mass is 10.1. The Morgan fingerprint density at radius 1 is 0.765 bits per heavy atom. The molecule has 5 heteroatoms. The van der Waals surface area contributed by atoms with E-state index in [0.717, 1.165) is 38.2 Å². The molecule has 0 spiro atoms. The molecule has 0 unspecified atom stereocenters. The van der Waals surface area contributed by atoms with Gasteiger partial charge in [0.25, 0.3) is 0 Å². The Morgan fingerprint density at radius 3 is 2.09 bits per heavy atom. The van der Waals surface area contributed by atoms with Crippen LogP contribution in [0.5, 0.6) is 5.75 Å². The molecule has 5 rings (SSSR count). The second-order valence-electron chi connectivity index (χ2n) is 7.77. The van der Waals surface area contributed by atoms with Crippen molar-refractivity contribution < 1.29 is 5.11 Å². The number of hydrogen-bond donors (Lipinski definition) is 1. The smallest absolute Gasteiger partial charge is 0.141 e. The summed E-state index contributed by atoms with van der Waals surface area (Å²) in [4.78, 5) is 4.60. The van der Waals surface area contributed by atoms with Crippen molar-refractivity contribution in [2.24, 2.45) is 4.99 Å². The van der Waals surface area contributed by atoms with Gasteiger partial charge in [-0.15, -0.1) is 0 Å². The summed E-state index contributed by atoms with van der Waals surface area (Å²) in [6.45, 7) is 0. The first-order valence-electron chi connectivity index (χ1n) is 10.8. The van der Waals surface area contributed by atoms with Gasteiger partial charge in [-0.2, -0.15) is 0 Å². The fourth-order valence-electron chi connectivity index (χ4n) is 3.94. The summed E-state index contributed by atoms with van der Waals surface area (Å²) < 4.78 is 3.26. The fourth-order valence-corrected chi connectivity index (χ4v) is 4.37. The van der Waals surface area contributed by atoms with Crippen LogP contribution >= 0.6 is 27.5 Å². The van der Waals surface area contributed by atoms with Gasteiger partial charge in [-0.1, -0.05) is 88.2 Å². The lowest BCUT2D eigenvalue weighted by Gasteiger charge is -2.15. The fraction of sp³-hybridized carbons (Fsp3) is 0. The average molecular weight is 528 g/mol. The molecule has 1 heterocycles. The number of nitrogens with zero attached hydrogens (tertiary/aromatic N) is 2. The van der Waals surface area contributed by atoms with E-state index in [1.54, 1.807) is 24.4 Å². The van der Waals surface area contributed by atoms with Crippen molar-refractivity contribution in [2.45, 2.75) is 0 Å². The van der Waals surface area contributed by atoms with Gasteiger partial charge in [0.15, 0.2) is 0 Å². The van der Waals surface area contributed by atoms with Crippen molar-refractivity contribution in [1.29, 1.82) is 0 Å². The van der Waals surface area contributed by atoms with Crippen molar-refractivity contribution in [3.63, 3.8) is 0 Å². The van der Waals surface area contributed by atoms with Crippen LogP contribution in [-0.4, -0.2) is 15.9 Å². The molecule has 0 radical (unpaired) electrons. The number of halogens is 2. The van der Waals surface area contributed by atoms with E-state index in [-0.39, 0.29) is 5.75 Å². The van der Waals surface area contributed by atoms with Gasteiger partial charge in [0.05, 0.1) is 11.4 Å². The molecule has 166 valence electrons. The quantitative estimate of drug-likeness (QED) is 0.228. The molecule has 5 aromatic rings. The molecule has 0 amide bonds. The topological polar surface area (TPSA) is 37.5 Å². The molecule has 0 aliphatic rings. The SMILES string of the molecule is Oc1ccc(Cl)cc1N=Cc1cc(-c2ccccc2)n(-c2ccc(Br)cc2)c1-c1ccccc1. The van der Waals surface area contributed by atoms with Gasteiger partial charge < -0.3 is 9.67 Å². The van der Waals surface area contributed by atoms with Crippen LogP contribution in [0.15, 0.2) is 119 Å². The van der Waals surface area contributed by atoms with Gasteiger partial charge >= 0.3 is 0 Å². The lowest BCUT2D eigenvalue weighted by Crippen LogP contribution is -2.00. The van der Waals surface area contributed by atoms with Crippen LogP contribution in [0, 0.1) is 0 Å². The predicted octanol–water partition coefficient (Wildman–Crippen LogP) is 8.68. The predicted molar refractivity (Wildman–Crippen MR) is 145 cm³/mol. The van der Waals surface area contributed by atoms with E-state index in [0.29, 0.717) is 10.7 Å². The van der Waals surface area contributed by atoms with E-state index >= 15 is 0 Å². The standard InChI is InChI=1S/C29H20BrClN2O/c30-23-11-14-25(15-12-23)33-27(20-7-3-1-4-8-20)17-22(29(33)21-9-5-2-6-10-21)19-32-26-18-24(31)13-16-28(26)34/h1-19,34H. The summed E-state index contributed by atoms with van der Waals surface area (Å²) >= 11 is 9.68. The maximum Gasteiger partial charge on any atom is 0.141 e. The van der Waals surface area contributed by atoms with Crippen molar-refractivity contribution in [3.8, 4) is 34.0 Å². The first-order chi connectivity index (χ1) is 16.6.